The molecule has 44 heavy (non-hydrogen) atoms. The maximum atomic E-state index is 11.7. The molecule has 1 aromatic heterocycles. The minimum Gasteiger partial charge on any atom is -0.495 e. The van der Waals surface area contributed by atoms with E-state index in [0.717, 1.165) is 52.3 Å². The average Bonchev–Trinajstić information content (AvgIpc) is 3.36. The molecule has 3 fully saturated rings. The summed E-state index contributed by atoms with van der Waals surface area (Å²) in [7, 11) is -2.36. The highest BCUT2D eigenvalue weighted by Crippen LogP contribution is 2.41. The second-order valence-electron chi connectivity index (χ2n) is 12.2. The zero-order valence-electron chi connectivity index (χ0n) is 25.0. The molecule has 6 rings (SSSR count). The Morgan fingerprint density at radius 3 is 2.57 bits per heavy atom. The standard InChI is InChI=1S/C33H39N5O4S2/c1-41-30-20-25(44(35,39)40)11-12-28(30)36-17-3-6-31-26(13-16-34)27-4-2-5-29(32(27)43-31)37-23-7-9-24(10-8-23)38-18-14-33(15-19-38)21-42-22-33/h2,4-5,11-12,20,23-24,36-37H,7-10,13-15,17-19,21-22H2,1H3,(H2,35,39,40). The Morgan fingerprint density at radius 2 is 1.91 bits per heavy atom. The van der Waals surface area contributed by atoms with Gasteiger partial charge in [0.15, 0.2) is 0 Å². The van der Waals surface area contributed by atoms with Crippen molar-refractivity contribution in [1.82, 2.24) is 4.90 Å². The van der Waals surface area contributed by atoms with E-state index in [1.54, 1.807) is 17.4 Å². The number of fused-ring (bicyclic) bond motifs is 1. The van der Waals surface area contributed by atoms with E-state index >= 15 is 0 Å². The van der Waals surface area contributed by atoms with E-state index in [0.29, 0.717) is 35.5 Å². The number of sulfonamides is 1. The van der Waals surface area contributed by atoms with E-state index in [9.17, 15) is 13.7 Å². The number of likely N-dealkylation sites (tertiary alicyclic amines) is 1. The van der Waals surface area contributed by atoms with Gasteiger partial charge in [-0.3, -0.25) is 0 Å². The van der Waals surface area contributed by atoms with Gasteiger partial charge in [0, 0.05) is 34.5 Å². The van der Waals surface area contributed by atoms with Gasteiger partial charge in [-0.2, -0.15) is 5.26 Å². The molecule has 2 aromatic carbocycles. The summed E-state index contributed by atoms with van der Waals surface area (Å²) in [6.45, 7) is 4.65. The number of benzene rings is 2. The Kier molecular flexibility index (Phi) is 9.04. The quantitative estimate of drug-likeness (QED) is 0.298. The molecule has 0 atom stereocenters. The molecule has 1 saturated carbocycles. The molecule has 1 aliphatic carbocycles. The summed E-state index contributed by atoms with van der Waals surface area (Å²) < 4.78 is 35.3. The molecule has 9 nitrogen and oxygen atoms in total. The molecule has 2 saturated heterocycles. The van der Waals surface area contributed by atoms with E-state index in [-0.39, 0.29) is 11.3 Å². The highest BCUT2D eigenvalue weighted by molar-refractivity contribution is 7.89. The Morgan fingerprint density at radius 1 is 1.14 bits per heavy atom. The molecule has 11 heteroatoms. The van der Waals surface area contributed by atoms with Gasteiger partial charge >= 0.3 is 0 Å². The lowest BCUT2D eigenvalue weighted by Crippen LogP contribution is -2.53. The molecule has 3 heterocycles. The van der Waals surface area contributed by atoms with Crippen molar-refractivity contribution >= 4 is 42.8 Å². The molecular formula is C33H39N5O4S2. The normalized spacial score (nSPS) is 21.6. The zero-order valence-corrected chi connectivity index (χ0v) is 26.7. The van der Waals surface area contributed by atoms with Crippen LogP contribution in [0.2, 0.25) is 0 Å². The average molecular weight is 634 g/mol. The Labute approximate surface area is 263 Å². The van der Waals surface area contributed by atoms with Crippen LogP contribution in [-0.2, 0) is 21.2 Å². The first kappa shape index (κ1) is 30.7. The number of methoxy groups -OCH3 is 1. The first-order valence-electron chi connectivity index (χ1n) is 15.2. The van der Waals surface area contributed by atoms with Crippen molar-refractivity contribution in [3.63, 3.8) is 0 Å². The van der Waals surface area contributed by atoms with Crippen LogP contribution in [0.5, 0.6) is 5.75 Å². The van der Waals surface area contributed by atoms with Crippen molar-refractivity contribution in [1.29, 1.82) is 5.26 Å². The molecule has 0 bridgehead atoms. The fourth-order valence-corrected chi connectivity index (χ4v) is 8.45. The molecular weight excluding hydrogens is 595 g/mol. The van der Waals surface area contributed by atoms with Crippen LogP contribution in [-0.4, -0.2) is 65.4 Å². The summed E-state index contributed by atoms with van der Waals surface area (Å²) in [6, 6.07) is 14.1. The molecule has 232 valence electrons. The zero-order chi connectivity index (χ0) is 30.7. The third-order valence-electron chi connectivity index (χ3n) is 9.39. The molecule has 2 aliphatic heterocycles. The van der Waals surface area contributed by atoms with Crippen LogP contribution in [0.4, 0.5) is 11.4 Å². The number of nitrogens with two attached hydrogens (primary N) is 1. The number of primary sulfonamides is 1. The van der Waals surface area contributed by atoms with Crippen LogP contribution in [0.15, 0.2) is 41.3 Å². The number of ether oxygens (including phenoxy) is 2. The topological polar surface area (TPSA) is 130 Å². The summed E-state index contributed by atoms with van der Waals surface area (Å²) in [5, 5.41) is 22.9. The van der Waals surface area contributed by atoms with E-state index in [4.69, 9.17) is 14.6 Å². The number of piperidine rings is 1. The summed E-state index contributed by atoms with van der Waals surface area (Å²) >= 11 is 1.63. The van der Waals surface area contributed by atoms with Gasteiger partial charge in [0.05, 0.1) is 65.2 Å². The Hall–Kier alpha value is -3.32. The largest absolute Gasteiger partial charge is 0.495 e. The number of nitriles is 1. The fraction of sp³-hybridized carbons (Fsp3) is 0.485. The predicted molar refractivity (Wildman–Crippen MR) is 175 cm³/mol. The van der Waals surface area contributed by atoms with E-state index < -0.39 is 10.0 Å². The van der Waals surface area contributed by atoms with E-state index in [1.807, 2.05) is 0 Å². The molecule has 3 aliphatic rings. The highest BCUT2D eigenvalue weighted by atomic mass is 32.2. The maximum absolute atomic E-state index is 11.7. The maximum Gasteiger partial charge on any atom is 0.238 e. The van der Waals surface area contributed by atoms with Gasteiger partial charge in [-0.25, -0.2) is 13.6 Å². The van der Waals surface area contributed by atoms with Gasteiger partial charge in [0.25, 0.3) is 0 Å². The van der Waals surface area contributed by atoms with Crippen molar-refractivity contribution in [3.8, 4) is 23.7 Å². The van der Waals surface area contributed by atoms with Crippen molar-refractivity contribution in [2.24, 2.45) is 10.6 Å². The number of hydrogen-bond acceptors (Lipinski definition) is 9. The van der Waals surface area contributed by atoms with Gasteiger partial charge < -0.3 is 25.0 Å². The van der Waals surface area contributed by atoms with Crippen LogP contribution < -0.4 is 20.5 Å². The first-order valence-corrected chi connectivity index (χ1v) is 17.6. The predicted octanol–water partition coefficient (Wildman–Crippen LogP) is 4.92. The monoisotopic (exact) mass is 633 g/mol. The number of anilines is 2. The lowest BCUT2D eigenvalue weighted by molar-refractivity contribution is -0.143. The Bertz CT molecular complexity index is 1710. The minimum atomic E-state index is -3.83. The lowest BCUT2D eigenvalue weighted by Gasteiger charge is -2.49. The highest BCUT2D eigenvalue weighted by Gasteiger charge is 2.42. The smallest absolute Gasteiger partial charge is 0.238 e. The number of nitrogens with zero attached hydrogens (tertiary/aromatic N) is 2. The second kappa shape index (κ2) is 13.0. The van der Waals surface area contributed by atoms with Gasteiger partial charge in [-0.05, 0) is 69.8 Å². The molecule has 0 radical (unpaired) electrons. The summed E-state index contributed by atoms with van der Waals surface area (Å²) in [5.74, 6) is 6.80. The third kappa shape index (κ3) is 6.53. The summed E-state index contributed by atoms with van der Waals surface area (Å²) in [4.78, 5) is 3.59. The van der Waals surface area contributed by atoms with E-state index in [1.165, 1.54) is 58.0 Å². The summed E-state index contributed by atoms with van der Waals surface area (Å²) in [6.07, 6.45) is 7.60. The van der Waals surface area contributed by atoms with Crippen molar-refractivity contribution in [3.05, 3.63) is 46.8 Å². The molecule has 0 unspecified atom stereocenters. The third-order valence-corrected chi connectivity index (χ3v) is 11.5. The fourth-order valence-electron chi connectivity index (χ4n) is 6.75. The van der Waals surface area contributed by atoms with Gasteiger partial charge in [0.2, 0.25) is 10.0 Å². The van der Waals surface area contributed by atoms with E-state index in [2.05, 4.69) is 51.6 Å². The van der Waals surface area contributed by atoms with Gasteiger partial charge in [0.1, 0.15) is 5.75 Å². The number of hydrogen-bond donors (Lipinski definition) is 3. The SMILES string of the molecule is COc1cc(S(N)(=O)=O)ccc1NCC#Cc1sc2c(NC3CCC(N4CCC5(CC4)COC5)CC3)cccc2c1CC#N. The van der Waals surface area contributed by atoms with Gasteiger partial charge in [-0.1, -0.05) is 24.0 Å². The number of nitrogens with one attached hydrogen (secondary N) is 2. The first-order chi connectivity index (χ1) is 21.3. The lowest BCUT2D eigenvalue weighted by atomic mass is 9.76. The molecule has 3 aromatic rings. The van der Waals surface area contributed by atoms with Crippen molar-refractivity contribution in [2.45, 2.75) is 61.9 Å². The summed E-state index contributed by atoms with van der Waals surface area (Å²) in [5.41, 5.74) is 3.17. The van der Waals surface area contributed by atoms with Crippen molar-refractivity contribution < 1.29 is 17.9 Å². The second-order valence-corrected chi connectivity index (χ2v) is 14.7. The van der Waals surface area contributed by atoms with Crippen LogP contribution >= 0.6 is 11.3 Å². The van der Waals surface area contributed by atoms with Crippen LogP contribution in [0.3, 0.4) is 0 Å². The Balaban J connectivity index is 1.11. The molecule has 1 spiro atoms. The minimum absolute atomic E-state index is 0.0190. The van der Waals surface area contributed by atoms with Crippen LogP contribution in [0.25, 0.3) is 10.1 Å². The van der Waals surface area contributed by atoms with Gasteiger partial charge in [-0.15, -0.1) is 11.3 Å². The van der Waals surface area contributed by atoms with Crippen LogP contribution in [0, 0.1) is 28.6 Å². The van der Waals surface area contributed by atoms with Crippen LogP contribution in [0.1, 0.15) is 49.0 Å². The van der Waals surface area contributed by atoms with Crippen molar-refractivity contribution in [2.75, 3.05) is 50.6 Å². The number of thiophene rings is 1. The molecule has 0 amide bonds. The molecule has 4 N–H and O–H groups in total. The number of rotatable bonds is 8.